The second-order valence-electron chi connectivity index (χ2n) is 10.3. The molecule has 1 fully saturated rings. The van der Waals surface area contributed by atoms with Crippen LogP contribution in [0.4, 0.5) is 5.69 Å². The minimum absolute atomic E-state index is 0.0534. The highest BCUT2D eigenvalue weighted by Gasteiger charge is 2.34. The molecule has 0 bridgehead atoms. The lowest BCUT2D eigenvalue weighted by atomic mass is 10.0. The molecule has 1 N–H and O–H groups in total. The Morgan fingerprint density at radius 2 is 1.59 bits per heavy atom. The maximum Gasteiger partial charge on any atom is 0.244 e. The summed E-state index contributed by atoms with van der Waals surface area (Å²) >= 11 is 6.21. The van der Waals surface area contributed by atoms with Crippen LogP contribution in [0.2, 0.25) is 5.02 Å². The molecular weight excluding hydrogens is 562 g/mol. The maximum atomic E-state index is 14.2. The number of anilines is 1. The summed E-state index contributed by atoms with van der Waals surface area (Å²) in [6.07, 6.45) is 5.19. The van der Waals surface area contributed by atoms with E-state index in [1.165, 1.54) is 18.1 Å². The van der Waals surface area contributed by atoms with E-state index in [1.807, 2.05) is 60.7 Å². The van der Waals surface area contributed by atoms with Gasteiger partial charge in [-0.1, -0.05) is 85.1 Å². The van der Waals surface area contributed by atoms with Crippen molar-refractivity contribution in [1.29, 1.82) is 0 Å². The minimum atomic E-state index is -3.95. The lowest BCUT2D eigenvalue weighted by Gasteiger charge is -2.34. The van der Waals surface area contributed by atoms with Gasteiger partial charge in [-0.15, -0.1) is 0 Å². The van der Waals surface area contributed by atoms with Crippen molar-refractivity contribution in [3.8, 4) is 5.75 Å². The first-order valence-electron chi connectivity index (χ1n) is 13.6. The average Bonchev–Trinajstić information content (AvgIpc) is 3.47. The van der Waals surface area contributed by atoms with Gasteiger partial charge in [-0.3, -0.25) is 13.9 Å². The van der Waals surface area contributed by atoms with Gasteiger partial charge < -0.3 is 15.0 Å². The highest BCUT2D eigenvalue weighted by atomic mass is 35.5. The van der Waals surface area contributed by atoms with Gasteiger partial charge in [0.25, 0.3) is 0 Å². The van der Waals surface area contributed by atoms with Gasteiger partial charge >= 0.3 is 0 Å². The van der Waals surface area contributed by atoms with E-state index in [4.69, 9.17) is 16.3 Å². The van der Waals surface area contributed by atoms with Gasteiger partial charge in [-0.05, 0) is 42.2 Å². The van der Waals surface area contributed by atoms with Crippen molar-refractivity contribution in [3.63, 3.8) is 0 Å². The Hall–Kier alpha value is -3.56. The molecule has 8 nitrogen and oxygen atoms in total. The van der Waals surface area contributed by atoms with Gasteiger partial charge in [0.2, 0.25) is 21.8 Å². The van der Waals surface area contributed by atoms with Crippen LogP contribution >= 0.6 is 11.6 Å². The molecule has 1 atom stereocenters. The molecule has 3 aromatic rings. The van der Waals surface area contributed by atoms with Crippen LogP contribution in [0.5, 0.6) is 5.75 Å². The van der Waals surface area contributed by atoms with Crippen molar-refractivity contribution in [3.05, 3.63) is 95.0 Å². The largest absolute Gasteiger partial charge is 0.495 e. The molecule has 218 valence electrons. The molecule has 41 heavy (non-hydrogen) atoms. The van der Waals surface area contributed by atoms with Gasteiger partial charge in [0.1, 0.15) is 18.3 Å². The van der Waals surface area contributed by atoms with Gasteiger partial charge in [0.15, 0.2) is 0 Å². The lowest BCUT2D eigenvalue weighted by Crippen LogP contribution is -2.54. The molecule has 10 heteroatoms. The Morgan fingerprint density at radius 3 is 2.17 bits per heavy atom. The summed E-state index contributed by atoms with van der Waals surface area (Å²) in [6.45, 7) is -0.413. The van der Waals surface area contributed by atoms with E-state index in [0.717, 1.165) is 47.4 Å². The number of carbonyl (C=O) groups is 2. The van der Waals surface area contributed by atoms with E-state index in [2.05, 4.69) is 5.32 Å². The van der Waals surface area contributed by atoms with E-state index < -0.39 is 28.5 Å². The molecule has 0 aliphatic heterocycles. The monoisotopic (exact) mass is 597 g/mol. The zero-order chi connectivity index (χ0) is 29.4. The molecule has 0 saturated heterocycles. The van der Waals surface area contributed by atoms with E-state index >= 15 is 0 Å². The Labute approximate surface area is 247 Å². The average molecular weight is 598 g/mol. The van der Waals surface area contributed by atoms with E-state index in [-0.39, 0.29) is 36.4 Å². The van der Waals surface area contributed by atoms with Crippen LogP contribution in [0.15, 0.2) is 78.9 Å². The fourth-order valence-electron chi connectivity index (χ4n) is 5.15. The number of benzene rings is 3. The zero-order valence-corrected chi connectivity index (χ0v) is 24.9. The number of rotatable bonds is 12. The Morgan fingerprint density at radius 1 is 0.976 bits per heavy atom. The van der Waals surface area contributed by atoms with E-state index in [1.54, 1.807) is 12.1 Å². The number of ether oxygens (including phenoxy) is 1. The summed E-state index contributed by atoms with van der Waals surface area (Å²) < 4.78 is 32.4. The highest BCUT2D eigenvalue weighted by molar-refractivity contribution is 7.92. The molecule has 4 rings (SSSR count). The molecule has 1 saturated carbocycles. The molecule has 1 aliphatic carbocycles. The van der Waals surface area contributed by atoms with E-state index in [9.17, 15) is 18.0 Å². The van der Waals surface area contributed by atoms with E-state index in [0.29, 0.717) is 5.02 Å². The van der Waals surface area contributed by atoms with Crippen molar-refractivity contribution < 1.29 is 22.7 Å². The molecule has 2 amide bonds. The Kier molecular flexibility index (Phi) is 10.3. The Balaban J connectivity index is 1.74. The number of hydrogen-bond donors (Lipinski definition) is 1. The highest BCUT2D eigenvalue weighted by Crippen LogP contribution is 2.33. The molecule has 0 heterocycles. The summed E-state index contributed by atoms with van der Waals surface area (Å²) in [4.78, 5) is 29.6. The molecular formula is C31H36ClN3O5S. The van der Waals surface area contributed by atoms with Crippen LogP contribution in [-0.4, -0.2) is 57.1 Å². The van der Waals surface area contributed by atoms with Crippen LogP contribution in [0, 0.1) is 0 Å². The van der Waals surface area contributed by atoms with Crippen LogP contribution in [0.25, 0.3) is 0 Å². The summed E-state index contributed by atoms with van der Waals surface area (Å²) in [5.41, 5.74) is 1.85. The van der Waals surface area contributed by atoms with Crippen molar-refractivity contribution >= 4 is 39.1 Å². The third kappa shape index (κ3) is 8.24. The van der Waals surface area contributed by atoms with Crippen LogP contribution < -0.4 is 14.4 Å². The number of halogens is 1. The van der Waals surface area contributed by atoms with Crippen molar-refractivity contribution in [2.75, 3.05) is 24.2 Å². The second kappa shape index (κ2) is 13.9. The molecule has 0 spiro atoms. The SMILES string of the molecule is COc1ccc(Cl)cc1N(CC(=O)N(Cc1ccccc1)C(Cc1ccccc1)C(=O)NC1CCCC1)S(C)(=O)=O. The fraction of sp³-hybridized carbons (Fsp3) is 0.355. The third-order valence-electron chi connectivity index (χ3n) is 7.26. The fourth-order valence-corrected chi connectivity index (χ4v) is 6.17. The zero-order valence-electron chi connectivity index (χ0n) is 23.3. The number of nitrogens with zero attached hydrogens (tertiary/aromatic N) is 2. The first-order chi connectivity index (χ1) is 19.7. The van der Waals surface area contributed by atoms with Crippen molar-refractivity contribution in [2.24, 2.45) is 0 Å². The molecule has 0 radical (unpaired) electrons. The molecule has 1 aliphatic rings. The number of hydrogen-bond acceptors (Lipinski definition) is 5. The predicted octanol–water partition coefficient (Wildman–Crippen LogP) is 4.81. The Bertz CT molecular complexity index is 1430. The van der Waals surface area contributed by atoms with Crippen molar-refractivity contribution in [1.82, 2.24) is 10.2 Å². The first kappa shape index (κ1) is 30.4. The van der Waals surface area contributed by atoms with Crippen molar-refractivity contribution in [2.45, 2.75) is 50.7 Å². The van der Waals surface area contributed by atoms with Gasteiger partial charge in [-0.2, -0.15) is 0 Å². The lowest BCUT2D eigenvalue weighted by molar-refractivity contribution is -0.140. The molecule has 1 unspecified atom stereocenters. The number of nitrogens with one attached hydrogen (secondary N) is 1. The number of carbonyl (C=O) groups excluding carboxylic acids is 2. The van der Waals surface area contributed by atoms with Gasteiger partial charge in [-0.25, -0.2) is 8.42 Å². The third-order valence-corrected chi connectivity index (χ3v) is 8.62. The number of sulfonamides is 1. The standard InChI is InChI=1S/C31H36ClN3O5S/c1-40-29-18-17-25(32)20-27(29)35(41(2,38)39)22-30(36)34(21-24-13-7-4-8-14-24)28(19-23-11-5-3-6-12-23)31(37)33-26-15-9-10-16-26/h3-8,11-14,17-18,20,26,28H,9-10,15-16,19,21-22H2,1-2H3,(H,33,37). The van der Waals surface area contributed by atoms with Gasteiger partial charge in [0, 0.05) is 24.0 Å². The topological polar surface area (TPSA) is 96.0 Å². The van der Waals surface area contributed by atoms with Crippen LogP contribution in [0.3, 0.4) is 0 Å². The van der Waals surface area contributed by atoms with Gasteiger partial charge in [0.05, 0.1) is 19.1 Å². The summed E-state index contributed by atoms with van der Waals surface area (Å²) in [5, 5.41) is 3.45. The summed E-state index contributed by atoms with van der Waals surface area (Å²) in [6, 6.07) is 22.6. The first-order valence-corrected chi connectivity index (χ1v) is 15.9. The smallest absolute Gasteiger partial charge is 0.244 e. The number of amides is 2. The molecule has 3 aromatic carbocycles. The van der Waals surface area contributed by atoms with Crippen LogP contribution in [-0.2, 0) is 32.6 Å². The van der Waals surface area contributed by atoms with Crippen LogP contribution in [0.1, 0.15) is 36.8 Å². The molecule has 0 aromatic heterocycles. The predicted molar refractivity (Wildman–Crippen MR) is 162 cm³/mol. The second-order valence-corrected chi connectivity index (χ2v) is 12.6. The quantitative estimate of drug-likeness (QED) is 0.323. The summed E-state index contributed by atoms with van der Waals surface area (Å²) in [7, 11) is -2.53. The minimum Gasteiger partial charge on any atom is -0.495 e. The number of methoxy groups -OCH3 is 1. The summed E-state index contributed by atoms with van der Waals surface area (Å²) in [5.74, 6) is -0.526. The normalized spacial score (nSPS) is 14.3. The maximum absolute atomic E-state index is 14.2.